The Morgan fingerprint density at radius 3 is 2.43 bits per heavy atom. The van der Waals surface area contributed by atoms with E-state index in [9.17, 15) is 9.59 Å². The summed E-state index contributed by atoms with van der Waals surface area (Å²) in [6, 6.07) is 17.2. The highest BCUT2D eigenvalue weighted by molar-refractivity contribution is 6.30. The van der Waals surface area contributed by atoms with Crippen molar-refractivity contribution in [2.75, 3.05) is 46.0 Å². The summed E-state index contributed by atoms with van der Waals surface area (Å²) in [6.07, 6.45) is 2.77. The van der Waals surface area contributed by atoms with Crippen molar-refractivity contribution in [3.63, 3.8) is 0 Å². The number of morpholine rings is 1. The largest absolute Gasteiger partial charge is 0.493 e. The van der Waals surface area contributed by atoms with Gasteiger partial charge < -0.3 is 19.3 Å². The van der Waals surface area contributed by atoms with Crippen LogP contribution in [0.15, 0.2) is 54.6 Å². The third-order valence-corrected chi connectivity index (χ3v) is 7.38. The Hall–Kier alpha value is -2.57. The summed E-state index contributed by atoms with van der Waals surface area (Å²) in [5, 5.41) is 0.649. The van der Waals surface area contributed by atoms with Crippen LogP contribution >= 0.6 is 11.6 Å². The maximum absolute atomic E-state index is 13.7. The van der Waals surface area contributed by atoms with E-state index in [0.717, 1.165) is 24.8 Å². The van der Waals surface area contributed by atoms with Crippen molar-refractivity contribution in [3.05, 3.63) is 65.2 Å². The second-order valence-corrected chi connectivity index (χ2v) is 10.1. The number of hydrogen-bond donors (Lipinski definition) is 0. The maximum atomic E-state index is 13.7. The highest BCUT2D eigenvalue weighted by Crippen LogP contribution is 2.37. The lowest BCUT2D eigenvalue weighted by Crippen LogP contribution is -2.52. The van der Waals surface area contributed by atoms with Crippen molar-refractivity contribution in [1.82, 2.24) is 9.80 Å². The number of nitrogens with zero attached hydrogens (tertiary/aromatic N) is 2. The topological polar surface area (TPSA) is 59.1 Å². The van der Waals surface area contributed by atoms with Crippen LogP contribution in [0.2, 0.25) is 5.02 Å². The van der Waals surface area contributed by atoms with Gasteiger partial charge in [0.1, 0.15) is 5.75 Å². The van der Waals surface area contributed by atoms with E-state index in [2.05, 4.69) is 6.92 Å². The molecule has 2 aliphatic heterocycles. The van der Waals surface area contributed by atoms with Gasteiger partial charge in [0.25, 0.3) is 0 Å². The SMILES string of the molecule is CC[C@H](C(=O)N1CCC[C@](COc2ccc(Cl)cc2)(CC(=O)N2CCOCC2)C1)c1ccccc1. The molecule has 7 heteroatoms. The van der Waals surface area contributed by atoms with Gasteiger partial charge in [0.05, 0.1) is 25.7 Å². The van der Waals surface area contributed by atoms with Gasteiger partial charge in [-0.3, -0.25) is 9.59 Å². The molecule has 2 fully saturated rings. The van der Waals surface area contributed by atoms with Gasteiger partial charge in [0.15, 0.2) is 0 Å². The van der Waals surface area contributed by atoms with Crippen molar-refractivity contribution in [1.29, 1.82) is 0 Å². The summed E-state index contributed by atoms with van der Waals surface area (Å²) >= 11 is 6.03. The summed E-state index contributed by atoms with van der Waals surface area (Å²) in [5.41, 5.74) is 0.593. The molecule has 2 aliphatic rings. The Kier molecular flexibility index (Phi) is 8.69. The normalized spacial score (nSPS) is 21.4. The van der Waals surface area contributed by atoms with E-state index in [-0.39, 0.29) is 17.7 Å². The molecule has 2 amide bonds. The lowest BCUT2D eigenvalue weighted by molar-refractivity contribution is -0.144. The van der Waals surface area contributed by atoms with Gasteiger partial charge in [0, 0.05) is 43.0 Å². The van der Waals surface area contributed by atoms with E-state index in [0.29, 0.717) is 63.2 Å². The molecule has 2 aromatic rings. The van der Waals surface area contributed by atoms with Crippen LogP contribution in [0, 0.1) is 5.41 Å². The number of hydrogen-bond acceptors (Lipinski definition) is 4. The third kappa shape index (κ3) is 6.56. The lowest BCUT2D eigenvalue weighted by Gasteiger charge is -2.44. The van der Waals surface area contributed by atoms with Crippen LogP contribution in [0.3, 0.4) is 0 Å². The van der Waals surface area contributed by atoms with E-state index in [1.54, 1.807) is 12.1 Å². The number of rotatable bonds is 8. The standard InChI is InChI=1S/C28H35ClN2O4/c1-2-25(22-7-4-3-5-8-22)27(33)31-14-6-13-28(20-31,19-26(32)30-15-17-34-18-16-30)21-35-24-11-9-23(29)10-12-24/h3-5,7-12,25H,2,6,13-21H2,1H3/t25-,28-/m0/s1. The van der Waals surface area contributed by atoms with Gasteiger partial charge in [-0.05, 0) is 49.1 Å². The predicted molar refractivity (Wildman–Crippen MR) is 137 cm³/mol. The highest BCUT2D eigenvalue weighted by Gasteiger charge is 2.42. The number of halogens is 1. The third-order valence-electron chi connectivity index (χ3n) is 7.13. The van der Waals surface area contributed by atoms with Gasteiger partial charge in [-0.25, -0.2) is 0 Å². The van der Waals surface area contributed by atoms with Crippen molar-refractivity contribution in [3.8, 4) is 5.75 Å². The number of carbonyl (C=O) groups excluding carboxylic acids is 2. The fourth-order valence-corrected chi connectivity index (χ4v) is 5.31. The summed E-state index contributed by atoms with van der Waals surface area (Å²) < 4.78 is 11.6. The molecule has 2 saturated heterocycles. The number of carbonyl (C=O) groups is 2. The van der Waals surface area contributed by atoms with Gasteiger partial charge >= 0.3 is 0 Å². The zero-order chi connectivity index (χ0) is 24.7. The van der Waals surface area contributed by atoms with E-state index in [1.165, 1.54) is 0 Å². The molecule has 0 spiro atoms. The van der Waals surface area contributed by atoms with Crippen LogP contribution in [0.4, 0.5) is 0 Å². The molecule has 0 aliphatic carbocycles. The van der Waals surface area contributed by atoms with Crippen molar-refractivity contribution in [2.24, 2.45) is 5.41 Å². The number of likely N-dealkylation sites (tertiary alicyclic amines) is 1. The molecule has 2 heterocycles. The minimum atomic E-state index is -0.447. The Bertz CT molecular complexity index is 978. The summed E-state index contributed by atoms with van der Waals surface area (Å²) in [4.78, 5) is 30.8. The van der Waals surface area contributed by atoms with E-state index >= 15 is 0 Å². The zero-order valence-corrected chi connectivity index (χ0v) is 21.2. The fourth-order valence-electron chi connectivity index (χ4n) is 5.18. The first-order valence-corrected chi connectivity index (χ1v) is 12.9. The van der Waals surface area contributed by atoms with E-state index in [4.69, 9.17) is 21.1 Å². The molecule has 0 saturated carbocycles. The fraction of sp³-hybridized carbons (Fsp3) is 0.500. The van der Waals surface area contributed by atoms with Crippen molar-refractivity contribution >= 4 is 23.4 Å². The van der Waals surface area contributed by atoms with Crippen LogP contribution in [-0.2, 0) is 14.3 Å². The smallest absolute Gasteiger partial charge is 0.230 e. The highest BCUT2D eigenvalue weighted by atomic mass is 35.5. The monoisotopic (exact) mass is 498 g/mol. The Labute approximate surface area is 213 Å². The van der Waals surface area contributed by atoms with Gasteiger partial charge in [0.2, 0.25) is 11.8 Å². The quantitative estimate of drug-likeness (QED) is 0.526. The molecule has 0 N–H and O–H groups in total. The molecule has 0 aromatic heterocycles. The molecule has 0 unspecified atom stereocenters. The Morgan fingerprint density at radius 2 is 1.74 bits per heavy atom. The second-order valence-electron chi connectivity index (χ2n) is 9.65. The second kappa shape index (κ2) is 11.9. The molecule has 6 nitrogen and oxygen atoms in total. The van der Waals surface area contributed by atoms with Crippen LogP contribution in [0.1, 0.15) is 44.1 Å². The average Bonchev–Trinajstić information content (AvgIpc) is 2.90. The van der Waals surface area contributed by atoms with Gasteiger partial charge in [-0.15, -0.1) is 0 Å². The summed E-state index contributed by atoms with van der Waals surface area (Å²) in [5.74, 6) is 0.774. The lowest BCUT2D eigenvalue weighted by atomic mass is 9.76. The first kappa shape index (κ1) is 25.5. The molecule has 0 bridgehead atoms. The van der Waals surface area contributed by atoms with E-state index < -0.39 is 5.41 Å². The molecular weight excluding hydrogens is 464 g/mol. The minimum absolute atomic E-state index is 0.109. The molecular formula is C28H35ClN2O4. The molecule has 2 aromatic carbocycles. The first-order valence-electron chi connectivity index (χ1n) is 12.6. The maximum Gasteiger partial charge on any atom is 0.230 e. The van der Waals surface area contributed by atoms with Crippen LogP contribution in [0.25, 0.3) is 0 Å². The summed E-state index contributed by atoms with van der Waals surface area (Å²) in [6.45, 7) is 6.01. The van der Waals surface area contributed by atoms with Gasteiger partial charge in [-0.1, -0.05) is 48.9 Å². The Morgan fingerprint density at radius 1 is 1.03 bits per heavy atom. The number of amides is 2. The average molecular weight is 499 g/mol. The molecule has 4 rings (SSSR count). The van der Waals surface area contributed by atoms with Gasteiger partial charge in [-0.2, -0.15) is 0 Å². The number of piperidine rings is 1. The van der Waals surface area contributed by atoms with Crippen molar-refractivity contribution < 1.29 is 19.1 Å². The predicted octanol–water partition coefficient (Wildman–Crippen LogP) is 4.77. The van der Waals surface area contributed by atoms with E-state index in [1.807, 2.05) is 52.3 Å². The zero-order valence-electron chi connectivity index (χ0n) is 20.5. The van der Waals surface area contributed by atoms with Crippen LogP contribution in [0.5, 0.6) is 5.75 Å². The Balaban J connectivity index is 1.53. The molecule has 35 heavy (non-hydrogen) atoms. The number of ether oxygens (including phenoxy) is 2. The molecule has 0 radical (unpaired) electrons. The minimum Gasteiger partial charge on any atom is -0.493 e. The first-order chi connectivity index (χ1) is 17.0. The molecule has 188 valence electrons. The van der Waals surface area contributed by atoms with Crippen LogP contribution < -0.4 is 4.74 Å². The van der Waals surface area contributed by atoms with Crippen LogP contribution in [-0.4, -0.2) is 67.6 Å². The number of benzene rings is 2. The van der Waals surface area contributed by atoms with Crippen molar-refractivity contribution in [2.45, 2.75) is 38.5 Å². The summed E-state index contributed by atoms with van der Waals surface area (Å²) in [7, 11) is 0. The molecule has 2 atom stereocenters.